The van der Waals surface area contributed by atoms with E-state index in [0.29, 0.717) is 25.2 Å². The highest BCUT2D eigenvalue weighted by molar-refractivity contribution is 5.93. The molecule has 0 aromatic heterocycles. The van der Waals surface area contributed by atoms with Crippen LogP contribution in [0.3, 0.4) is 0 Å². The summed E-state index contributed by atoms with van der Waals surface area (Å²) in [5.41, 5.74) is 6.55. The molecule has 10 nitrogen and oxygen atoms in total. The molecule has 0 unspecified atom stereocenters. The van der Waals surface area contributed by atoms with Crippen LogP contribution in [-0.4, -0.2) is 47.5 Å². The standard InChI is InChI=1S/C33H48N4O6/c1-21(2)17-26(29(34)38)35-30(39)27(18-22(3)4)36-31(40)28(37-32(41)43-33(5,6)7)19-23-13-15-25(16-14-23)42-20-24-11-9-8-10-12-24/h8-16,21-22,26-28H,17-20H2,1-7H3,(H2,34,38)(H,35,39)(H,36,40)(H,37,41)/t26-,27-,28-/m0/s1. The van der Waals surface area contributed by atoms with Gasteiger partial charge in [-0.3, -0.25) is 14.4 Å². The molecule has 5 N–H and O–H groups in total. The van der Waals surface area contributed by atoms with Crippen molar-refractivity contribution in [1.82, 2.24) is 16.0 Å². The van der Waals surface area contributed by atoms with Crippen LogP contribution in [0, 0.1) is 11.8 Å². The summed E-state index contributed by atoms with van der Waals surface area (Å²) in [4.78, 5) is 51.5. The van der Waals surface area contributed by atoms with Gasteiger partial charge in [0.2, 0.25) is 17.7 Å². The average Bonchev–Trinajstić information content (AvgIpc) is 2.90. The van der Waals surface area contributed by atoms with Crippen LogP contribution in [-0.2, 0) is 32.1 Å². The van der Waals surface area contributed by atoms with E-state index in [1.807, 2.05) is 70.2 Å². The molecule has 10 heteroatoms. The van der Waals surface area contributed by atoms with Crippen molar-refractivity contribution >= 4 is 23.8 Å². The summed E-state index contributed by atoms with van der Waals surface area (Å²) >= 11 is 0. The maximum absolute atomic E-state index is 13.6. The molecule has 0 spiro atoms. The zero-order valence-electron chi connectivity index (χ0n) is 26.4. The Balaban J connectivity index is 2.20. The third-order valence-electron chi connectivity index (χ3n) is 6.33. The summed E-state index contributed by atoms with van der Waals surface area (Å²) < 4.78 is 11.3. The minimum atomic E-state index is -1.05. The second kappa shape index (κ2) is 16.5. The van der Waals surface area contributed by atoms with E-state index in [1.54, 1.807) is 32.9 Å². The zero-order valence-corrected chi connectivity index (χ0v) is 26.4. The van der Waals surface area contributed by atoms with Crippen LogP contribution < -0.4 is 26.4 Å². The predicted molar refractivity (Wildman–Crippen MR) is 166 cm³/mol. The highest BCUT2D eigenvalue weighted by Gasteiger charge is 2.31. The zero-order chi connectivity index (χ0) is 32.2. The van der Waals surface area contributed by atoms with E-state index in [9.17, 15) is 19.2 Å². The van der Waals surface area contributed by atoms with Gasteiger partial charge in [0.05, 0.1) is 0 Å². The van der Waals surface area contributed by atoms with Crippen LogP contribution in [0.5, 0.6) is 5.75 Å². The molecule has 3 atom stereocenters. The minimum Gasteiger partial charge on any atom is -0.489 e. The van der Waals surface area contributed by atoms with Crippen LogP contribution in [0.2, 0.25) is 0 Å². The predicted octanol–water partition coefficient (Wildman–Crippen LogP) is 4.25. The lowest BCUT2D eigenvalue weighted by molar-refractivity contribution is -0.132. The van der Waals surface area contributed by atoms with Gasteiger partial charge in [0, 0.05) is 6.42 Å². The second-order valence-corrected chi connectivity index (χ2v) is 12.6. The van der Waals surface area contributed by atoms with Crippen molar-refractivity contribution in [2.75, 3.05) is 0 Å². The number of hydrogen-bond acceptors (Lipinski definition) is 6. The summed E-state index contributed by atoms with van der Waals surface area (Å²) in [6.07, 6.45) is 0.0671. The Morgan fingerprint density at radius 1 is 0.721 bits per heavy atom. The summed E-state index contributed by atoms with van der Waals surface area (Å²) in [5, 5.41) is 8.14. The lowest BCUT2D eigenvalue weighted by atomic mass is 9.99. The molecule has 0 saturated heterocycles. The molecule has 0 saturated carbocycles. The number of rotatable bonds is 15. The number of alkyl carbamates (subject to hydrolysis) is 1. The molecule has 0 aliphatic carbocycles. The number of primary amides is 1. The average molecular weight is 597 g/mol. The van der Waals surface area contributed by atoms with E-state index in [0.717, 1.165) is 11.1 Å². The highest BCUT2D eigenvalue weighted by Crippen LogP contribution is 2.17. The van der Waals surface area contributed by atoms with Gasteiger partial charge in [-0.05, 0) is 68.7 Å². The molecule has 43 heavy (non-hydrogen) atoms. The monoisotopic (exact) mass is 596 g/mol. The Morgan fingerprint density at radius 2 is 1.26 bits per heavy atom. The van der Waals surface area contributed by atoms with E-state index in [4.69, 9.17) is 15.2 Å². The maximum Gasteiger partial charge on any atom is 0.408 e. The van der Waals surface area contributed by atoms with Gasteiger partial charge in [-0.15, -0.1) is 0 Å². The summed E-state index contributed by atoms with van der Waals surface area (Å²) in [7, 11) is 0. The fraction of sp³-hybridized carbons (Fsp3) is 0.515. The molecule has 0 heterocycles. The van der Waals surface area contributed by atoms with Gasteiger partial charge in [0.1, 0.15) is 36.1 Å². The lowest BCUT2D eigenvalue weighted by Crippen LogP contribution is -2.57. The first-order valence-electron chi connectivity index (χ1n) is 14.8. The van der Waals surface area contributed by atoms with Gasteiger partial charge in [0.15, 0.2) is 0 Å². The smallest absolute Gasteiger partial charge is 0.408 e. The molecule has 236 valence electrons. The molecule has 2 aromatic rings. The van der Waals surface area contributed by atoms with Crippen molar-refractivity contribution in [2.24, 2.45) is 17.6 Å². The molecule has 0 bridgehead atoms. The van der Waals surface area contributed by atoms with Crippen LogP contribution in [0.15, 0.2) is 54.6 Å². The number of amides is 4. The van der Waals surface area contributed by atoms with Crippen molar-refractivity contribution in [3.63, 3.8) is 0 Å². The molecule has 4 amide bonds. The normalized spacial score (nSPS) is 13.5. The lowest BCUT2D eigenvalue weighted by Gasteiger charge is -2.27. The Labute approximate surface area is 255 Å². The van der Waals surface area contributed by atoms with Gasteiger partial charge < -0.3 is 31.2 Å². The first-order valence-corrected chi connectivity index (χ1v) is 14.8. The molecule has 2 aromatic carbocycles. The molecule has 0 aliphatic rings. The maximum atomic E-state index is 13.6. The van der Waals surface area contributed by atoms with Gasteiger partial charge in [-0.25, -0.2) is 4.79 Å². The highest BCUT2D eigenvalue weighted by atomic mass is 16.6. The van der Waals surface area contributed by atoms with Crippen molar-refractivity contribution in [2.45, 2.75) is 98.1 Å². The molecule has 2 rings (SSSR count). The van der Waals surface area contributed by atoms with Gasteiger partial charge in [0.25, 0.3) is 0 Å². The molecule has 0 fully saturated rings. The minimum absolute atomic E-state index is 0.0499. The Bertz CT molecular complexity index is 1190. The van der Waals surface area contributed by atoms with Crippen LogP contribution >= 0.6 is 0 Å². The third kappa shape index (κ3) is 13.6. The number of nitrogens with two attached hydrogens (primary N) is 1. The fourth-order valence-electron chi connectivity index (χ4n) is 4.32. The fourth-order valence-corrected chi connectivity index (χ4v) is 4.32. The van der Waals surface area contributed by atoms with Crippen molar-refractivity contribution in [1.29, 1.82) is 0 Å². The van der Waals surface area contributed by atoms with Crippen molar-refractivity contribution in [3.05, 3.63) is 65.7 Å². The number of carbonyl (C=O) groups is 4. The topological polar surface area (TPSA) is 149 Å². The Morgan fingerprint density at radius 3 is 1.79 bits per heavy atom. The first-order chi connectivity index (χ1) is 20.1. The summed E-state index contributed by atoms with van der Waals surface area (Å²) in [5.74, 6) is -0.884. The van der Waals surface area contributed by atoms with Crippen LogP contribution in [0.25, 0.3) is 0 Å². The molecular formula is C33H48N4O6. The quantitative estimate of drug-likeness (QED) is 0.242. The van der Waals surface area contributed by atoms with Gasteiger partial charge >= 0.3 is 6.09 Å². The number of benzene rings is 2. The van der Waals surface area contributed by atoms with Crippen LogP contribution in [0.4, 0.5) is 4.79 Å². The largest absolute Gasteiger partial charge is 0.489 e. The van der Waals surface area contributed by atoms with E-state index < -0.39 is 47.5 Å². The number of nitrogens with one attached hydrogen (secondary N) is 3. The Kier molecular flexibility index (Phi) is 13.5. The van der Waals surface area contributed by atoms with Crippen LogP contribution in [0.1, 0.15) is 72.4 Å². The summed E-state index contributed by atoms with van der Waals surface area (Å²) in [6, 6.07) is 14.2. The van der Waals surface area contributed by atoms with Gasteiger partial charge in [-0.2, -0.15) is 0 Å². The van der Waals surface area contributed by atoms with E-state index >= 15 is 0 Å². The molecule has 0 aliphatic heterocycles. The number of carbonyl (C=O) groups excluding carboxylic acids is 4. The first kappa shape index (κ1) is 35.1. The van der Waals surface area contributed by atoms with Crippen molar-refractivity contribution in [3.8, 4) is 5.75 Å². The number of hydrogen-bond donors (Lipinski definition) is 4. The van der Waals surface area contributed by atoms with E-state index in [-0.39, 0.29) is 18.3 Å². The van der Waals surface area contributed by atoms with E-state index in [2.05, 4.69) is 16.0 Å². The van der Waals surface area contributed by atoms with Crippen molar-refractivity contribution < 1.29 is 28.7 Å². The SMILES string of the molecule is CC(C)C[C@H](NC(=O)[C@H](CC(C)C)NC(=O)[C@H](Cc1ccc(OCc2ccccc2)cc1)NC(=O)OC(C)(C)C)C(N)=O. The number of ether oxygens (including phenoxy) is 2. The molecular weight excluding hydrogens is 548 g/mol. The third-order valence-corrected chi connectivity index (χ3v) is 6.33. The van der Waals surface area contributed by atoms with E-state index in [1.165, 1.54) is 0 Å². The second-order valence-electron chi connectivity index (χ2n) is 12.6. The molecule has 0 radical (unpaired) electrons. The Hall–Kier alpha value is -4.08. The van der Waals surface area contributed by atoms with Gasteiger partial charge in [-0.1, -0.05) is 70.2 Å². The summed E-state index contributed by atoms with van der Waals surface area (Å²) in [6.45, 7) is 13.3.